The van der Waals surface area contributed by atoms with Crippen LogP contribution in [0.25, 0.3) is 0 Å². The molecule has 0 saturated carbocycles. The highest BCUT2D eigenvalue weighted by molar-refractivity contribution is 6.30. The van der Waals surface area contributed by atoms with Crippen LogP contribution >= 0.6 is 11.6 Å². The minimum Gasteiger partial charge on any atom is -0.492 e. The van der Waals surface area contributed by atoms with E-state index < -0.39 is 0 Å². The number of ether oxygens (including phenoxy) is 1. The first-order valence-electron chi connectivity index (χ1n) is 7.97. The molecule has 0 unspecified atom stereocenters. The second kappa shape index (κ2) is 8.00. The highest BCUT2D eigenvalue weighted by Gasteiger charge is 2.19. The van der Waals surface area contributed by atoms with Gasteiger partial charge in [-0.3, -0.25) is 4.90 Å². The van der Waals surface area contributed by atoms with Crippen LogP contribution in [-0.4, -0.2) is 49.2 Å². The van der Waals surface area contributed by atoms with Gasteiger partial charge in [0.05, 0.1) is 5.56 Å². The Balaban J connectivity index is 1.45. The molecule has 24 heavy (non-hydrogen) atoms. The van der Waals surface area contributed by atoms with Crippen molar-refractivity contribution in [3.8, 4) is 11.8 Å². The third kappa shape index (κ3) is 4.16. The topological polar surface area (TPSA) is 52.4 Å². The molecule has 5 nitrogen and oxygen atoms in total. The van der Waals surface area contributed by atoms with E-state index in [1.807, 2.05) is 30.3 Å². The molecule has 0 N–H and O–H groups in total. The third-order valence-corrected chi connectivity index (χ3v) is 4.32. The average molecular weight is 343 g/mol. The minimum absolute atomic E-state index is 0.636. The largest absolute Gasteiger partial charge is 0.492 e. The fourth-order valence-electron chi connectivity index (χ4n) is 2.74. The normalized spacial score (nSPS) is 15.1. The van der Waals surface area contributed by atoms with Gasteiger partial charge in [-0.25, -0.2) is 4.98 Å². The number of hydrogen-bond donors (Lipinski definition) is 0. The lowest BCUT2D eigenvalue weighted by atomic mass is 10.2. The molecule has 3 rings (SSSR count). The van der Waals surface area contributed by atoms with E-state index in [4.69, 9.17) is 16.3 Å². The molecule has 0 spiro atoms. The van der Waals surface area contributed by atoms with Crippen LogP contribution in [0.15, 0.2) is 42.6 Å². The summed E-state index contributed by atoms with van der Waals surface area (Å²) in [6.07, 6.45) is 1.74. The van der Waals surface area contributed by atoms with E-state index in [9.17, 15) is 5.26 Å². The quantitative estimate of drug-likeness (QED) is 0.836. The summed E-state index contributed by atoms with van der Waals surface area (Å²) in [4.78, 5) is 8.89. The number of halogens is 1. The molecule has 2 heterocycles. The molecule has 124 valence electrons. The predicted molar refractivity (Wildman–Crippen MR) is 94.6 cm³/mol. The standard InChI is InChI=1S/C18H19ClN4O/c19-16-3-5-17(6-4-16)24-13-12-22-8-10-23(11-9-22)18-15(14-20)2-1-7-21-18/h1-7H,8-13H2. The lowest BCUT2D eigenvalue weighted by molar-refractivity contribution is 0.200. The SMILES string of the molecule is N#Cc1cccnc1N1CCN(CCOc2ccc(Cl)cc2)CC1. The zero-order chi connectivity index (χ0) is 16.8. The van der Waals surface area contributed by atoms with Crippen molar-refractivity contribution in [3.63, 3.8) is 0 Å². The van der Waals surface area contributed by atoms with Gasteiger partial charge in [0.25, 0.3) is 0 Å². The van der Waals surface area contributed by atoms with E-state index in [1.54, 1.807) is 12.3 Å². The van der Waals surface area contributed by atoms with Gasteiger partial charge in [-0.05, 0) is 36.4 Å². The lowest BCUT2D eigenvalue weighted by Gasteiger charge is -2.35. The first kappa shape index (κ1) is 16.6. The maximum absolute atomic E-state index is 9.19. The Hall–Kier alpha value is -2.29. The van der Waals surface area contributed by atoms with E-state index in [-0.39, 0.29) is 0 Å². The molecular formula is C18H19ClN4O. The number of hydrogen-bond acceptors (Lipinski definition) is 5. The van der Waals surface area contributed by atoms with Gasteiger partial charge in [-0.2, -0.15) is 5.26 Å². The Labute approximate surface area is 147 Å². The number of aromatic nitrogens is 1. The van der Waals surface area contributed by atoms with Crippen molar-refractivity contribution >= 4 is 17.4 Å². The van der Waals surface area contributed by atoms with Gasteiger partial charge in [-0.1, -0.05) is 11.6 Å². The zero-order valence-electron chi connectivity index (χ0n) is 13.4. The Morgan fingerprint density at radius 1 is 1.12 bits per heavy atom. The summed E-state index contributed by atoms with van der Waals surface area (Å²) in [5, 5.41) is 9.90. The summed E-state index contributed by atoms with van der Waals surface area (Å²) in [6, 6.07) is 13.2. The van der Waals surface area contributed by atoms with E-state index >= 15 is 0 Å². The van der Waals surface area contributed by atoms with Gasteiger partial charge in [0.2, 0.25) is 0 Å². The maximum atomic E-state index is 9.19. The molecule has 1 aliphatic heterocycles. The molecule has 0 amide bonds. The molecule has 1 fully saturated rings. The second-order valence-electron chi connectivity index (χ2n) is 5.62. The van der Waals surface area contributed by atoms with E-state index in [0.29, 0.717) is 17.2 Å². The first-order valence-corrected chi connectivity index (χ1v) is 8.35. The van der Waals surface area contributed by atoms with Gasteiger partial charge in [-0.15, -0.1) is 0 Å². The summed E-state index contributed by atoms with van der Waals surface area (Å²) in [6.45, 7) is 5.13. The fraction of sp³-hybridized carbons (Fsp3) is 0.333. The Bertz CT molecular complexity index is 706. The van der Waals surface area contributed by atoms with Crippen molar-refractivity contribution in [2.75, 3.05) is 44.2 Å². The van der Waals surface area contributed by atoms with E-state index in [1.165, 1.54) is 0 Å². The van der Waals surface area contributed by atoms with Gasteiger partial charge < -0.3 is 9.64 Å². The second-order valence-corrected chi connectivity index (χ2v) is 6.05. The molecule has 0 bridgehead atoms. The summed E-state index contributed by atoms with van der Waals surface area (Å²) in [7, 11) is 0. The summed E-state index contributed by atoms with van der Waals surface area (Å²) < 4.78 is 5.74. The molecule has 0 radical (unpaired) electrons. The number of nitrogens with zero attached hydrogens (tertiary/aromatic N) is 4. The lowest BCUT2D eigenvalue weighted by Crippen LogP contribution is -2.48. The van der Waals surface area contributed by atoms with Crippen molar-refractivity contribution in [1.29, 1.82) is 5.26 Å². The number of nitriles is 1. The molecular weight excluding hydrogens is 324 g/mol. The van der Waals surface area contributed by atoms with Crippen LogP contribution in [-0.2, 0) is 0 Å². The monoisotopic (exact) mass is 342 g/mol. The number of benzene rings is 1. The number of anilines is 1. The van der Waals surface area contributed by atoms with Crippen LogP contribution in [0, 0.1) is 11.3 Å². The molecule has 0 aliphatic carbocycles. The molecule has 1 aliphatic rings. The minimum atomic E-state index is 0.636. The van der Waals surface area contributed by atoms with Gasteiger partial charge >= 0.3 is 0 Å². The molecule has 1 aromatic heterocycles. The first-order chi connectivity index (χ1) is 11.8. The highest BCUT2D eigenvalue weighted by atomic mass is 35.5. The van der Waals surface area contributed by atoms with Crippen molar-refractivity contribution in [1.82, 2.24) is 9.88 Å². The fourth-order valence-corrected chi connectivity index (χ4v) is 2.87. The number of pyridine rings is 1. The molecule has 2 aromatic rings. The van der Waals surface area contributed by atoms with Crippen molar-refractivity contribution in [2.24, 2.45) is 0 Å². The van der Waals surface area contributed by atoms with Crippen LogP contribution in [0.3, 0.4) is 0 Å². The third-order valence-electron chi connectivity index (χ3n) is 4.07. The Morgan fingerprint density at radius 3 is 2.58 bits per heavy atom. The van der Waals surface area contributed by atoms with Crippen LogP contribution in [0.1, 0.15) is 5.56 Å². The average Bonchev–Trinajstić information content (AvgIpc) is 2.64. The zero-order valence-corrected chi connectivity index (χ0v) is 14.1. The van der Waals surface area contributed by atoms with Gasteiger partial charge in [0.1, 0.15) is 24.2 Å². The van der Waals surface area contributed by atoms with Crippen molar-refractivity contribution in [2.45, 2.75) is 0 Å². The van der Waals surface area contributed by atoms with E-state index in [2.05, 4.69) is 20.9 Å². The molecule has 6 heteroatoms. The van der Waals surface area contributed by atoms with Crippen molar-refractivity contribution in [3.05, 3.63) is 53.2 Å². The van der Waals surface area contributed by atoms with Crippen LogP contribution in [0.2, 0.25) is 5.02 Å². The number of rotatable bonds is 5. The summed E-state index contributed by atoms with van der Waals surface area (Å²) >= 11 is 5.86. The van der Waals surface area contributed by atoms with E-state index in [0.717, 1.165) is 44.3 Å². The number of piperazine rings is 1. The van der Waals surface area contributed by atoms with Crippen LogP contribution in [0.4, 0.5) is 5.82 Å². The van der Waals surface area contributed by atoms with Gasteiger partial charge in [0.15, 0.2) is 0 Å². The Kier molecular flexibility index (Phi) is 5.52. The summed E-state index contributed by atoms with van der Waals surface area (Å²) in [5.74, 6) is 1.63. The summed E-state index contributed by atoms with van der Waals surface area (Å²) in [5.41, 5.74) is 0.636. The highest BCUT2D eigenvalue weighted by Crippen LogP contribution is 2.18. The molecule has 1 saturated heterocycles. The smallest absolute Gasteiger partial charge is 0.146 e. The van der Waals surface area contributed by atoms with Crippen LogP contribution < -0.4 is 9.64 Å². The van der Waals surface area contributed by atoms with Crippen molar-refractivity contribution < 1.29 is 4.74 Å². The maximum Gasteiger partial charge on any atom is 0.146 e. The molecule has 1 aromatic carbocycles. The Morgan fingerprint density at radius 2 is 1.88 bits per heavy atom. The predicted octanol–water partition coefficient (Wildman–Crippen LogP) is 2.81. The van der Waals surface area contributed by atoms with Crippen LogP contribution in [0.5, 0.6) is 5.75 Å². The molecule has 0 atom stereocenters. The van der Waals surface area contributed by atoms with Gasteiger partial charge in [0, 0.05) is 43.9 Å².